The van der Waals surface area contributed by atoms with Crippen molar-refractivity contribution in [2.75, 3.05) is 13.1 Å². The van der Waals surface area contributed by atoms with Gasteiger partial charge in [0.2, 0.25) is 5.89 Å². The number of nitrogens with one attached hydrogen (secondary N) is 1. The monoisotopic (exact) mass is 438 g/mol. The smallest absolute Gasteiger partial charge is 0.291 e. The molecule has 8 heteroatoms. The zero-order valence-electron chi connectivity index (χ0n) is 18.8. The summed E-state index contributed by atoms with van der Waals surface area (Å²) >= 11 is 0. The SMILES string of the molecule is CC(C)c1nn(-c2noc(C3CCN(C4CC5CCC(C4)N5)CC3)n2)c2c(F)cccc12. The van der Waals surface area contributed by atoms with Crippen molar-refractivity contribution in [3.05, 3.63) is 35.6 Å². The fourth-order valence-corrected chi connectivity index (χ4v) is 6.04. The van der Waals surface area contributed by atoms with Crippen molar-refractivity contribution in [3.8, 4) is 5.95 Å². The van der Waals surface area contributed by atoms with E-state index >= 15 is 0 Å². The van der Waals surface area contributed by atoms with E-state index in [1.165, 1.54) is 36.4 Å². The summed E-state index contributed by atoms with van der Waals surface area (Å²) in [5, 5.41) is 13.4. The summed E-state index contributed by atoms with van der Waals surface area (Å²) in [7, 11) is 0. The third kappa shape index (κ3) is 3.44. The minimum Gasteiger partial charge on any atom is -0.337 e. The second-order valence-electron chi connectivity index (χ2n) is 10.1. The highest BCUT2D eigenvalue weighted by atomic mass is 19.1. The van der Waals surface area contributed by atoms with Crippen molar-refractivity contribution in [3.63, 3.8) is 0 Å². The Balaban J connectivity index is 1.20. The molecule has 3 aliphatic rings. The molecule has 0 spiro atoms. The lowest BCUT2D eigenvalue weighted by molar-refractivity contribution is 0.105. The summed E-state index contributed by atoms with van der Waals surface area (Å²) in [6.07, 6.45) is 7.27. The molecule has 2 unspecified atom stereocenters. The van der Waals surface area contributed by atoms with Gasteiger partial charge >= 0.3 is 0 Å². The summed E-state index contributed by atoms with van der Waals surface area (Å²) in [4.78, 5) is 7.34. The quantitative estimate of drug-likeness (QED) is 0.660. The van der Waals surface area contributed by atoms with Crippen molar-refractivity contribution in [2.24, 2.45) is 0 Å². The first-order valence-corrected chi connectivity index (χ1v) is 12.1. The maximum absolute atomic E-state index is 14.7. The highest BCUT2D eigenvalue weighted by Gasteiger charge is 2.37. The van der Waals surface area contributed by atoms with E-state index in [4.69, 9.17) is 4.52 Å². The molecule has 0 radical (unpaired) electrons. The van der Waals surface area contributed by atoms with Crippen LogP contribution in [0.4, 0.5) is 4.39 Å². The van der Waals surface area contributed by atoms with E-state index in [0.717, 1.165) is 49.1 Å². The molecule has 170 valence electrons. The molecule has 3 aliphatic heterocycles. The van der Waals surface area contributed by atoms with Gasteiger partial charge in [0, 0.05) is 29.4 Å². The highest BCUT2D eigenvalue weighted by Crippen LogP contribution is 2.35. The summed E-state index contributed by atoms with van der Waals surface area (Å²) in [6.45, 7) is 6.26. The van der Waals surface area contributed by atoms with Crippen LogP contribution in [-0.2, 0) is 0 Å². The Labute approximate surface area is 187 Å². The van der Waals surface area contributed by atoms with Gasteiger partial charge < -0.3 is 14.7 Å². The standard InChI is InChI=1S/C24H31FN6O/c1-14(2)21-19-4-3-5-20(25)22(19)31(28-21)24-27-23(32-29-24)15-8-10-30(11-9-15)18-12-16-6-7-17(13-18)26-16/h3-5,14-18,26H,6-13H2,1-2H3. The molecule has 1 N–H and O–H groups in total. The fraction of sp³-hybridized carbons (Fsp3) is 0.625. The molecule has 0 amide bonds. The summed E-state index contributed by atoms with van der Waals surface area (Å²) in [6, 6.07) is 7.22. The normalized spacial score (nSPS) is 27.1. The highest BCUT2D eigenvalue weighted by molar-refractivity contribution is 5.84. The second-order valence-corrected chi connectivity index (χ2v) is 10.1. The van der Waals surface area contributed by atoms with Gasteiger partial charge in [-0.15, -0.1) is 0 Å². The maximum Gasteiger partial charge on any atom is 0.291 e. The summed E-state index contributed by atoms with van der Waals surface area (Å²) < 4.78 is 21.9. The van der Waals surface area contributed by atoms with Gasteiger partial charge in [-0.25, -0.2) is 4.39 Å². The first kappa shape index (κ1) is 20.3. The summed E-state index contributed by atoms with van der Waals surface area (Å²) in [5.74, 6) is 1.07. The Morgan fingerprint density at radius 3 is 2.56 bits per heavy atom. The number of halogens is 1. The van der Waals surface area contributed by atoms with Crippen LogP contribution in [0.2, 0.25) is 0 Å². The van der Waals surface area contributed by atoms with Crippen LogP contribution in [0, 0.1) is 5.82 Å². The molecule has 3 saturated heterocycles. The zero-order chi connectivity index (χ0) is 21.8. The predicted molar refractivity (Wildman–Crippen MR) is 119 cm³/mol. The van der Waals surface area contributed by atoms with Gasteiger partial charge in [-0.2, -0.15) is 14.8 Å². The molecule has 1 aromatic carbocycles. The third-order valence-corrected chi connectivity index (χ3v) is 7.69. The fourth-order valence-electron chi connectivity index (χ4n) is 6.04. The lowest BCUT2D eigenvalue weighted by Gasteiger charge is -2.41. The number of hydrogen-bond donors (Lipinski definition) is 1. The first-order chi connectivity index (χ1) is 15.6. The number of hydrogen-bond acceptors (Lipinski definition) is 6. The number of nitrogens with zero attached hydrogens (tertiary/aromatic N) is 5. The average molecular weight is 439 g/mol. The maximum atomic E-state index is 14.7. The lowest BCUT2D eigenvalue weighted by Crippen LogP contribution is -2.50. The number of piperidine rings is 2. The third-order valence-electron chi connectivity index (χ3n) is 7.69. The van der Waals surface area contributed by atoms with Crippen LogP contribution < -0.4 is 5.32 Å². The molecule has 5 heterocycles. The van der Waals surface area contributed by atoms with Crippen LogP contribution in [0.15, 0.2) is 22.7 Å². The number of likely N-dealkylation sites (tertiary alicyclic amines) is 1. The minimum atomic E-state index is -0.322. The minimum absolute atomic E-state index is 0.168. The van der Waals surface area contributed by atoms with Crippen LogP contribution in [0.25, 0.3) is 16.9 Å². The Morgan fingerprint density at radius 2 is 1.84 bits per heavy atom. The van der Waals surface area contributed by atoms with E-state index in [0.29, 0.717) is 23.4 Å². The van der Waals surface area contributed by atoms with Crippen LogP contribution in [0.3, 0.4) is 0 Å². The van der Waals surface area contributed by atoms with E-state index in [1.54, 1.807) is 6.07 Å². The number of rotatable bonds is 4. The molecule has 0 saturated carbocycles. The van der Waals surface area contributed by atoms with Gasteiger partial charge in [0.05, 0.1) is 5.69 Å². The van der Waals surface area contributed by atoms with Gasteiger partial charge in [0.1, 0.15) is 11.3 Å². The van der Waals surface area contributed by atoms with Crippen molar-refractivity contribution < 1.29 is 8.91 Å². The predicted octanol–water partition coefficient (Wildman–Crippen LogP) is 4.13. The van der Waals surface area contributed by atoms with Gasteiger partial charge in [-0.1, -0.05) is 26.0 Å². The first-order valence-electron chi connectivity index (χ1n) is 12.1. The van der Waals surface area contributed by atoms with Crippen LogP contribution in [-0.4, -0.2) is 56.0 Å². The second kappa shape index (κ2) is 7.92. The molecule has 0 aliphatic carbocycles. The molecule has 2 atom stereocenters. The van der Waals surface area contributed by atoms with Gasteiger partial charge in [-0.3, -0.25) is 0 Å². The largest absolute Gasteiger partial charge is 0.337 e. The zero-order valence-corrected chi connectivity index (χ0v) is 18.8. The molecule has 32 heavy (non-hydrogen) atoms. The molecule has 3 fully saturated rings. The topological polar surface area (TPSA) is 72.0 Å². The van der Waals surface area contributed by atoms with E-state index in [9.17, 15) is 4.39 Å². The number of fused-ring (bicyclic) bond motifs is 3. The molecule has 6 rings (SSSR count). The average Bonchev–Trinajstić information content (AvgIpc) is 3.51. The van der Waals surface area contributed by atoms with E-state index in [-0.39, 0.29) is 17.7 Å². The van der Waals surface area contributed by atoms with Crippen LogP contribution in [0.1, 0.15) is 75.8 Å². The van der Waals surface area contributed by atoms with Gasteiger partial charge in [0.15, 0.2) is 0 Å². The van der Waals surface area contributed by atoms with E-state index < -0.39 is 0 Å². The molecule has 3 aromatic rings. The molecular weight excluding hydrogens is 407 g/mol. The molecule has 2 aromatic heterocycles. The number of para-hydroxylation sites is 1. The molecular formula is C24H31FN6O. The van der Waals surface area contributed by atoms with Crippen molar-refractivity contribution >= 4 is 10.9 Å². The lowest BCUT2D eigenvalue weighted by atomic mass is 9.92. The van der Waals surface area contributed by atoms with E-state index in [1.807, 2.05) is 6.07 Å². The van der Waals surface area contributed by atoms with Crippen molar-refractivity contribution in [2.45, 2.75) is 82.3 Å². The van der Waals surface area contributed by atoms with Crippen LogP contribution >= 0.6 is 0 Å². The van der Waals surface area contributed by atoms with Crippen molar-refractivity contribution in [1.29, 1.82) is 0 Å². The number of benzene rings is 1. The Kier molecular flexibility index (Phi) is 5.02. The molecule has 7 nitrogen and oxygen atoms in total. The van der Waals surface area contributed by atoms with Gasteiger partial charge in [-0.05, 0) is 68.8 Å². The molecule has 2 bridgehead atoms. The Bertz CT molecular complexity index is 1100. The van der Waals surface area contributed by atoms with Gasteiger partial charge in [0.25, 0.3) is 5.95 Å². The summed E-state index contributed by atoms with van der Waals surface area (Å²) in [5.41, 5.74) is 1.26. The van der Waals surface area contributed by atoms with Crippen LogP contribution in [0.5, 0.6) is 0 Å². The van der Waals surface area contributed by atoms with E-state index in [2.05, 4.69) is 39.3 Å². The number of aromatic nitrogens is 4. The van der Waals surface area contributed by atoms with Crippen molar-refractivity contribution in [1.82, 2.24) is 30.1 Å². The Hall–Kier alpha value is -2.32. The Morgan fingerprint density at radius 1 is 1.09 bits per heavy atom.